The average molecular weight is 385 g/mol. The van der Waals surface area contributed by atoms with E-state index in [0.29, 0.717) is 11.4 Å². The molecule has 0 saturated heterocycles. The first kappa shape index (κ1) is 19.5. The molecule has 0 aliphatic carbocycles. The summed E-state index contributed by atoms with van der Waals surface area (Å²) in [6.45, 7) is 6.99. The van der Waals surface area contributed by atoms with E-state index in [4.69, 9.17) is 9.15 Å². The van der Waals surface area contributed by atoms with Crippen molar-refractivity contribution in [3.05, 3.63) is 47.9 Å². The zero-order valence-electron chi connectivity index (χ0n) is 16.2. The molecule has 2 heterocycles. The van der Waals surface area contributed by atoms with E-state index in [2.05, 4.69) is 10.6 Å². The Morgan fingerprint density at radius 3 is 2.68 bits per heavy atom. The lowest BCUT2D eigenvalue weighted by molar-refractivity contribution is -0.117. The number of anilines is 2. The van der Waals surface area contributed by atoms with Gasteiger partial charge in [-0.05, 0) is 57.5 Å². The molecular formula is C20H23N3O5. The van der Waals surface area contributed by atoms with Gasteiger partial charge in [-0.15, -0.1) is 0 Å². The number of nitrogens with zero attached hydrogens (tertiary/aromatic N) is 1. The predicted molar refractivity (Wildman–Crippen MR) is 103 cm³/mol. The van der Waals surface area contributed by atoms with Crippen LogP contribution in [0, 0.1) is 6.92 Å². The quantitative estimate of drug-likeness (QED) is 0.827. The van der Waals surface area contributed by atoms with Gasteiger partial charge in [-0.2, -0.15) is 0 Å². The predicted octanol–water partition coefficient (Wildman–Crippen LogP) is 3.08. The van der Waals surface area contributed by atoms with Gasteiger partial charge in [-0.3, -0.25) is 9.59 Å². The summed E-state index contributed by atoms with van der Waals surface area (Å²) >= 11 is 0. The average Bonchev–Trinajstić information content (AvgIpc) is 3.07. The third-order valence-electron chi connectivity index (χ3n) is 4.05. The van der Waals surface area contributed by atoms with E-state index < -0.39 is 29.6 Å². The van der Waals surface area contributed by atoms with Gasteiger partial charge in [0.15, 0.2) is 5.76 Å². The van der Waals surface area contributed by atoms with Crippen molar-refractivity contribution in [3.8, 4) is 0 Å². The molecule has 0 fully saturated rings. The van der Waals surface area contributed by atoms with Crippen LogP contribution in [0.3, 0.4) is 0 Å². The lowest BCUT2D eigenvalue weighted by Gasteiger charge is -2.25. The van der Waals surface area contributed by atoms with Crippen molar-refractivity contribution in [2.45, 2.75) is 39.3 Å². The number of carbonyl (C=O) groups is 3. The molecule has 1 atom stereocenters. The first-order valence-corrected chi connectivity index (χ1v) is 8.90. The Morgan fingerprint density at radius 1 is 1.29 bits per heavy atom. The third kappa shape index (κ3) is 4.33. The van der Waals surface area contributed by atoms with Gasteiger partial charge in [-0.25, -0.2) is 4.79 Å². The Balaban J connectivity index is 1.93. The largest absolute Gasteiger partial charge is 0.459 e. The number of furan rings is 1. The Kier molecular flexibility index (Phi) is 5.13. The van der Waals surface area contributed by atoms with Crippen LogP contribution in [-0.2, 0) is 9.53 Å². The molecule has 0 bridgehead atoms. The highest BCUT2D eigenvalue weighted by Crippen LogP contribution is 2.31. The highest BCUT2D eigenvalue weighted by Gasteiger charge is 2.34. The minimum Gasteiger partial charge on any atom is -0.459 e. The summed E-state index contributed by atoms with van der Waals surface area (Å²) < 4.78 is 10.5. The van der Waals surface area contributed by atoms with Crippen LogP contribution in [0.15, 0.2) is 41.0 Å². The summed E-state index contributed by atoms with van der Waals surface area (Å²) in [6.07, 6.45) is 0.668. The second kappa shape index (κ2) is 7.38. The second-order valence-electron chi connectivity index (χ2n) is 7.60. The minimum absolute atomic E-state index is 0.0688. The number of alkyl carbamates (subject to hydrolysis) is 1. The first-order valence-electron chi connectivity index (χ1n) is 8.90. The number of benzene rings is 1. The van der Waals surface area contributed by atoms with E-state index in [1.54, 1.807) is 45.0 Å². The van der Waals surface area contributed by atoms with Gasteiger partial charge in [0.05, 0.1) is 24.2 Å². The van der Waals surface area contributed by atoms with Crippen molar-refractivity contribution >= 4 is 29.3 Å². The van der Waals surface area contributed by atoms with Crippen LogP contribution in [0.4, 0.5) is 16.2 Å². The number of rotatable bonds is 2. The van der Waals surface area contributed by atoms with Crippen LogP contribution in [0.5, 0.6) is 0 Å². The lowest BCUT2D eigenvalue weighted by atomic mass is 10.1. The number of hydrogen-bond donors (Lipinski definition) is 2. The van der Waals surface area contributed by atoms with Crippen molar-refractivity contribution in [2.24, 2.45) is 0 Å². The topological polar surface area (TPSA) is 101 Å². The van der Waals surface area contributed by atoms with Crippen LogP contribution in [0.1, 0.15) is 36.9 Å². The molecule has 2 aromatic rings. The molecule has 0 radical (unpaired) electrons. The van der Waals surface area contributed by atoms with Gasteiger partial charge >= 0.3 is 6.09 Å². The highest BCUT2D eigenvalue weighted by molar-refractivity contribution is 6.10. The Bertz CT molecular complexity index is 899. The maximum atomic E-state index is 13.0. The Hall–Kier alpha value is -3.29. The number of aryl methyl sites for hydroxylation is 1. The Labute approximate surface area is 162 Å². The van der Waals surface area contributed by atoms with Crippen LogP contribution in [0.2, 0.25) is 0 Å². The van der Waals surface area contributed by atoms with Gasteiger partial charge in [0, 0.05) is 0 Å². The fourth-order valence-electron chi connectivity index (χ4n) is 2.86. The van der Waals surface area contributed by atoms with E-state index in [1.807, 2.05) is 13.0 Å². The zero-order chi connectivity index (χ0) is 20.5. The SMILES string of the molecule is Cc1ccc2c(c1)NC(=O)C(NC(=O)OC(C)(C)C)CN2C(=O)c1ccco1. The van der Waals surface area contributed by atoms with E-state index in [0.717, 1.165) is 5.56 Å². The molecule has 3 rings (SSSR count). The molecule has 3 amide bonds. The maximum Gasteiger partial charge on any atom is 0.408 e. The summed E-state index contributed by atoms with van der Waals surface area (Å²) in [6, 6.07) is 7.52. The number of fused-ring (bicyclic) bond motifs is 1. The van der Waals surface area contributed by atoms with Crippen molar-refractivity contribution in [2.75, 3.05) is 16.8 Å². The molecule has 0 spiro atoms. The number of carbonyl (C=O) groups excluding carboxylic acids is 3. The summed E-state index contributed by atoms with van der Waals surface area (Å²) in [5.41, 5.74) is 1.21. The second-order valence-corrected chi connectivity index (χ2v) is 7.60. The minimum atomic E-state index is -0.999. The monoisotopic (exact) mass is 385 g/mol. The van der Waals surface area contributed by atoms with E-state index in [-0.39, 0.29) is 12.3 Å². The van der Waals surface area contributed by atoms with E-state index >= 15 is 0 Å². The maximum absolute atomic E-state index is 13.0. The van der Waals surface area contributed by atoms with E-state index in [1.165, 1.54) is 11.2 Å². The Morgan fingerprint density at radius 2 is 2.04 bits per heavy atom. The van der Waals surface area contributed by atoms with Gasteiger partial charge < -0.3 is 24.7 Å². The molecular weight excluding hydrogens is 362 g/mol. The summed E-state index contributed by atoms with van der Waals surface area (Å²) in [5, 5.41) is 5.33. The lowest BCUT2D eigenvalue weighted by Crippen LogP contribution is -2.51. The number of hydrogen-bond acceptors (Lipinski definition) is 5. The summed E-state index contributed by atoms with van der Waals surface area (Å²) in [7, 11) is 0. The molecule has 1 aromatic carbocycles. The molecule has 148 valence electrons. The molecule has 28 heavy (non-hydrogen) atoms. The zero-order valence-corrected chi connectivity index (χ0v) is 16.2. The van der Waals surface area contributed by atoms with Crippen LogP contribution in [-0.4, -0.2) is 36.1 Å². The molecule has 1 aromatic heterocycles. The van der Waals surface area contributed by atoms with Gasteiger partial charge in [-0.1, -0.05) is 6.07 Å². The van der Waals surface area contributed by atoms with Gasteiger partial charge in [0.2, 0.25) is 5.91 Å². The molecule has 1 unspecified atom stereocenters. The van der Waals surface area contributed by atoms with Crippen molar-refractivity contribution in [1.82, 2.24) is 5.32 Å². The number of ether oxygens (including phenoxy) is 1. The standard InChI is InChI=1S/C20H23N3O5/c1-12-7-8-15-13(10-12)21-17(24)14(22-19(26)28-20(2,3)4)11-23(15)18(25)16-6-5-9-27-16/h5-10,14H,11H2,1-4H3,(H,21,24)(H,22,26). The number of nitrogens with one attached hydrogen (secondary N) is 2. The van der Waals surface area contributed by atoms with Crippen LogP contribution < -0.4 is 15.5 Å². The van der Waals surface area contributed by atoms with Crippen molar-refractivity contribution in [1.29, 1.82) is 0 Å². The van der Waals surface area contributed by atoms with Gasteiger partial charge in [0.1, 0.15) is 11.6 Å². The first-order chi connectivity index (χ1) is 13.1. The summed E-state index contributed by atoms with van der Waals surface area (Å²) in [4.78, 5) is 39.3. The fraction of sp³-hybridized carbons (Fsp3) is 0.350. The van der Waals surface area contributed by atoms with Crippen molar-refractivity contribution in [3.63, 3.8) is 0 Å². The fourth-order valence-corrected chi connectivity index (χ4v) is 2.86. The van der Waals surface area contributed by atoms with E-state index in [9.17, 15) is 14.4 Å². The molecule has 1 aliphatic heterocycles. The van der Waals surface area contributed by atoms with Crippen LogP contribution >= 0.6 is 0 Å². The third-order valence-corrected chi connectivity index (χ3v) is 4.05. The number of amides is 3. The molecule has 2 N–H and O–H groups in total. The van der Waals surface area contributed by atoms with Gasteiger partial charge in [0.25, 0.3) is 5.91 Å². The molecule has 8 nitrogen and oxygen atoms in total. The summed E-state index contributed by atoms with van der Waals surface area (Å²) in [5.74, 6) is -0.716. The molecule has 8 heteroatoms. The van der Waals surface area contributed by atoms with Crippen molar-refractivity contribution < 1.29 is 23.5 Å². The highest BCUT2D eigenvalue weighted by atomic mass is 16.6. The van der Waals surface area contributed by atoms with Crippen LogP contribution in [0.25, 0.3) is 0 Å². The molecule has 1 aliphatic rings. The normalized spacial score (nSPS) is 16.6. The molecule has 0 saturated carbocycles. The smallest absolute Gasteiger partial charge is 0.408 e.